The zero-order chi connectivity index (χ0) is 14.9. The van der Waals surface area contributed by atoms with Crippen LogP contribution in [-0.2, 0) is 23.6 Å². The van der Waals surface area contributed by atoms with E-state index in [1.165, 1.54) is 10.9 Å². The molecule has 0 radical (unpaired) electrons. The van der Waals surface area contributed by atoms with E-state index in [1.54, 1.807) is 25.2 Å². The van der Waals surface area contributed by atoms with Crippen molar-refractivity contribution < 1.29 is 8.42 Å². The minimum Gasteiger partial charge on any atom is -0.324 e. The maximum Gasteiger partial charge on any atom is 0.261 e. The first-order chi connectivity index (χ1) is 9.31. The minimum absolute atomic E-state index is 0.0191. The first kappa shape index (κ1) is 15.6. The third kappa shape index (κ3) is 3.27. The summed E-state index contributed by atoms with van der Waals surface area (Å²) in [6.07, 6.45) is 1.33. The number of rotatable bonds is 4. The molecule has 9 heteroatoms. The van der Waals surface area contributed by atoms with E-state index in [-0.39, 0.29) is 16.7 Å². The van der Waals surface area contributed by atoms with Gasteiger partial charge in [-0.05, 0) is 17.7 Å². The van der Waals surface area contributed by atoms with Gasteiger partial charge in [-0.25, -0.2) is 18.1 Å². The van der Waals surface area contributed by atoms with E-state index in [2.05, 4.69) is 9.71 Å². The molecule has 0 amide bonds. The molecule has 1 aromatic heterocycles. The van der Waals surface area contributed by atoms with Gasteiger partial charge in [0.05, 0.1) is 6.33 Å². The van der Waals surface area contributed by atoms with Crippen LogP contribution in [0, 0.1) is 0 Å². The molecule has 2 aromatic rings. The van der Waals surface area contributed by atoms with Crippen molar-refractivity contribution in [1.29, 1.82) is 0 Å². The predicted octanol–water partition coefficient (Wildman–Crippen LogP) is 2.86. The van der Waals surface area contributed by atoms with Crippen molar-refractivity contribution in [2.24, 2.45) is 7.05 Å². The Morgan fingerprint density at radius 3 is 2.55 bits per heavy atom. The maximum absolute atomic E-state index is 12.1. The fraction of sp³-hybridized carbons (Fsp3) is 0.182. The highest BCUT2D eigenvalue weighted by molar-refractivity contribution is 7.89. The summed E-state index contributed by atoms with van der Waals surface area (Å²) in [7, 11) is -2.20. The molecule has 1 heterocycles. The number of aromatic nitrogens is 2. The van der Waals surface area contributed by atoms with Gasteiger partial charge in [0.25, 0.3) is 10.0 Å². The van der Waals surface area contributed by atoms with Crippen LogP contribution in [0.1, 0.15) is 5.56 Å². The van der Waals surface area contributed by atoms with E-state index in [0.29, 0.717) is 15.6 Å². The smallest absolute Gasteiger partial charge is 0.261 e. The molecular formula is C11H10Cl3N3O2S. The molecule has 5 nitrogen and oxygen atoms in total. The van der Waals surface area contributed by atoms with Gasteiger partial charge in [-0.2, -0.15) is 0 Å². The number of halogens is 3. The largest absolute Gasteiger partial charge is 0.324 e. The Hall–Kier alpha value is -0.790. The molecule has 0 saturated carbocycles. The lowest BCUT2D eigenvalue weighted by molar-refractivity contribution is 0.578. The summed E-state index contributed by atoms with van der Waals surface area (Å²) in [6.45, 7) is 0.0191. The number of aryl methyl sites for hydroxylation is 1. The number of sulfonamides is 1. The van der Waals surface area contributed by atoms with Gasteiger partial charge in [0.2, 0.25) is 5.03 Å². The fourth-order valence-corrected chi connectivity index (χ4v) is 3.39. The lowest BCUT2D eigenvalue weighted by atomic mass is 10.2. The molecule has 20 heavy (non-hydrogen) atoms. The normalized spacial score (nSPS) is 11.8. The predicted molar refractivity (Wildman–Crippen MR) is 78.7 cm³/mol. The summed E-state index contributed by atoms with van der Waals surface area (Å²) in [5.74, 6) is 0. The summed E-state index contributed by atoms with van der Waals surface area (Å²) >= 11 is 17.6. The van der Waals surface area contributed by atoms with Crippen molar-refractivity contribution in [3.05, 3.63) is 45.3 Å². The fourth-order valence-electron chi connectivity index (χ4n) is 1.48. The van der Waals surface area contributed by atoms with Crippen molar-refractivity contribution in [3.63, 3.8) is 0 Å². The molecule has 108 valence electrons. The van der Waals surface area contributed by atoms with Gasteiger partial charge in [0.1, 0.15) is 5.15 Å². The Morgan fingerprint density at radius 2 is 2.00 bits per heavy atom. The van der Waals surface area contributed by atoms with E-state index in [0.717, 1.165) is 0 Å². The van der Waals surface area contributed by atoms with Crippen LogP contribution in [0.15, 0.2) is 29.6 Å². The molecule has 1 aromatic carbocycles. The quantitative estimate of drug-likeness (QED) is 0.918. The Labute approximate surface area is 131 Å². The van der Waals surface area contributed by atoms with E-state index in [4.69, 9.17) is 34.8 Å². The molecule has 0 atom stereocenters. The minimum atomic E-state index is -3.80. The monoisotopic (exact) mass is 353 g/mol. The lowest BCUT2D eigenvalue weighted by Gasteiger charge is -2.07. The molecule has 0 bridgehead atoms. The van der Waals surface area contributed by atoms with E-state index < -0.39 is 10.0 Å². The first-order valence-corrected chi connectivity index (χ1v) is 8.03. The Bertz CT molecular complexity index is 743. The average Bonchev–Trinajstić information content (AvgIpc) is 2.69. The van der Waals surface area contributed by atoms with Gasteiger partial charge in [-0.1, -0.05) is 40.9 Å². The van der Waals surface area contributed by atoms with Crippen molar-refractivity contribution in [1.82, 2.24) is 14.3 Å². The van der Waals surface area contributed by atoms with Gasteiger partial charge >= 0.3 is 0 Å². The topological polar surface area (TPSA) is 64.0 Å². The second-order valence-corrected chi connectivity index (χ2v) is 6.90. The average molecular weight is 355 g/mol. The zero-order valence-electron chi connectivity index (χ0n) is 10.3. The van der Waals surface area contributed by atoms with Crippen LogP contribution in [0.5, 0.6) is 0 Å². The molecule has 2 rings (SSSR count). The van der Waals surface area contributed by atoms with Crippen LogP contribution >= 0.6 is 34.8 Å². The van der Waals surface area contributed by atoms with E-state index in [1.807, 2.05) is 0 Å². The summed E-state index contributed by atoms with van der Waals surface area (Å²) in [4.78, 5) is 3.76. The molecular weight excluding hydrogens is 345 g/mol. The van der Waals surface area contributed by atoms with Crippen LogP contribution < -0.4 is 4.72 Å². The lowest BCUT2D eigenvalue weighted by Crippen LogP contribution is -2.24. The summed E-state index contributed by atoms with van der Waals surface area (Å²) < 4.78 is 28.0. The van der Waals surface area contributed by atoms with E-state index >= 15 is 0 Å². The van der Waals surface area contributed by atoms with Crippen LogP contribution in [0.4, 0.5) is 0 Å². The molecule has 0 spiro atoms. The highest BCUT2D eigenvalue weighted by atomic mass is 35.5. The highest BCUT2D eigenvalue weighted by Crippen LogP contribution is 2.22. The third-order valence-electron chi connectivity index (χ3n) is 2.56. The third-order valence-corrected chi connectivity index (χ3v) is 5.03. The number of hydrogen-bond acceptors (Lipinski definition) is 3. The molecule has 0 aliphatic heterocycles. The second kappa shape index (κ2) is 5.91. The molecule has 0 aliphatic carbocycles. The number of nitrogens with zero attached hydrogens (tertiary/aromatic N) is 2. The second-order valence-electron chi connectivity index (χ2n) is 4.01. The van der Waals surface area contributed by atoms with Crippen molar-refractivity contribution in [2.45, 2.75) is 11.6 Å². The van der Waals surface area contributed by atoms with Gasteiger partial charge in [0.15, 0.2) is 0 Å². The Kier molecular flexibility index (Phi) is 4.61. The first-order valence-electron chi connectivity index (χ1n) is 5.41. The van der Waals surface area contributed by atoms with Crippen molar-refractivity contribution >= 4 is 44.8 Å². The zero-order valence-corrected chi connectivity index (χ0v) is 13.4. The van der Waals surface area contributed by atoms with Gasteiger partial charge in [0, 0.05) is 23.6 Å². The molecule has 1 N–H and O–H groups in total. The van der Waals surface area contributed by atoms with Crippen LogP contribution in [0.3, 0.4) is 0 Å². The van der Waals surface area contributed by atoms with Crippen LogP contribution in [-0.4, -0.2) is 18.0 Å². The summed E-state index contributed by atoms with van der Waals surface area (Å²) in [5, 5.41) is 0.688. The van der Waals surface area contributed by atoms with Crippen molar-refractivity contribution in [2.75, 3.05) is 0 Å². The molecule has 0 saturated heterocycles. The number of benzene rings is 1. The number of imidazole rings is 1. The van der Waals surface area contributed by atoms with Gasteiger partial charge < -0.3 is 4.57 Å². The van der Waals surface area contributed by atoms with Crippen molar-refractivity contribution in [3.8, 4) is 0 Å². The number of nitrogens with one attached hydrogen (secondary N) is 1. The standard InChI is InChI=1S/C11H10Cl3N3O2S/c1-17-6-15-11(10(17)14)20(18,19)16-5-7-2-3-8(12)4-9(7)13/h2-4,6,16H,5H2,1H3. The summed E-state index contributed by atoms with van der Waals surface area (Å²) in [5.41, 5.74) is 0.603. The van der Waals surface area contributed by atoms with Gasteiger partial charge in [-0.3, -0.25) is 0 Å². The molecule has 0 aliphatic rings. The highest BCUT2D eigenvalue weighted by Gasteiger charge is 2.22. The number of hydrogen-bond donors (Lipinski definition) is 1. The Balaban J connectivity index is 2.19. The molecule has 0 unspecified atom stereocenters. The Morgan fingerprint density at radius 1 is 1.30 bits per heavy atom. The van der Waals surface area contributed by atoms with E-state index in [9.17, 15) is 8.42 Å². The molecule has 0 fully saturated rings. The van der Waals surface area contributed by atoms with Gasteiger partial charge in [-0.15, -0.1) is 0 Å². The van der Waals surface area contributed by atoms with Crippen LogP contribution in [0.2, 0.25) is 15.2 Å². The maximum atomic E-state index is 12.1. The summed E-state index contributed by atoms with van der Waals surface area (Å²) in [6, 6.07) is 4.82. The van der Waals surface area contributed by atoms with Crippen LogP contribution in [0.25, 0.3) is 0 Å². The SMILES string of the molecule is Cn1cnc(S(=O)(=O)NCc2ccc(Cl)cc2Cl)c1Cl.